The third-order valence-electron chi connectivity index (χ3n) is 3.17. The minimum atomic E-state index is -0.355. The van der Waals surface area contributed by atoms with Gasteiger partial charge in [-0.25, -0.2) is 9.78 Å². The summed E-state index contributed by atoms with van der Waals surface area (Å²) >= 11 is 0. The molecule has 1 heterocycles. The standard InChI is InChI=1S/C13H23N3O2/c1-5-11(3)15(4)7-8-16-9-12(14-10-16)13(17)18-6-2/h9-11H,5-8H2,1-4H3. The molecule has 1 atom stereocenters. The average molecular weight is 253 g/mol. The maximum absolute atomic E-state index is 11.4. The van der Waals surface area contributed by atoms with Crippen LogP contribution in [0.1, 0.15) is 37.7 Å². The number of ether oxygens (including phenoxy) is 1. The quantitative estimate of drug-likeness (QED) is 0.695. The lowest BCUT2D eigenvalue weighted by atomic mass is 10.2. The van der Waals surface area contributed by atoms with Gasteiger partial charge in [-0.3, -0.25) is 0 Å². The lowest BCUT2D eigenvalue weighted by molar-refractivity contribution is 0.0520. The lowest BCUT2D eigenvalue weighted by Gasteiger charge is -2.23. The smallest absolute Gasteiger partial charge is 0.358 e. The van der Waals surface area contributed by atoms with Gasteiger partial charge >= 0.3 is 5.97 Å². The zero-order valence-corrected chi connectivity index (χ0v) is 11.7. The molecule has 1 rings (SSSR count). The molecule has 0 saturated carbocycles. The fraction of sp³-hybridized carbons (Fsp3) is 0.692. The molecule has 0 bridgehead atoms. The maximum atomic E-state index is 11.4. The van der Waals surface area contributed by atoms with Gasteiger partial charge in [0.05, 0.1) is 12.9 Å². The first-order valence-electron chi connectivity index (χ1n) is 6.47. The van der Waals surface area contributed by atoms with Crippen molar-refractivity contribution in [2.75, 3.05) is 20.2 Å². The highest BCUT2D eigenvalue weighted by Crippen LogP contribution is 2.02. The van der Waals surface area contributed by atoms with Gasteiger partial charge in [0.15, 0.2) is 5.69 Å². The van der Waals surface area contributed by atoms with E-state index < -0.39 is 0 Å². The molecular formula is C13H23N3O2. The van der Waals surface area contributed by atoms with Crippen molar-refractivity contribution in [1.29, 1.82) is 0 Å². The van der Waals surface area contributed by atoms with Crippen molar-refractivity contribution in [1.82, 2.24) is 14.5 Å². The molecule has 1 aromatic heterocycles. The largest absolute Gasteiger partial charge is 0.461 e. The Hall–Kier alpha value is -1.36. The van der Waals surface area contributed by atoms with Gasteiger partial charge in [-0.15, -0.1) is 0 Å². The summed E-state index contributed by atoms with van der Waals surface area (Å²) in [5.74, 6) is -0.355. The molecule has 1 unspecified atom stereocenters. The fourth-order valence-corrected chi connectivity index (χ4v) is 1.60. The first-order valence-corrected chi connectivity index (χ1v) is 6.47. The van der Waals surface area contributed by atoms with Crippen molar-refractivity contribution in [3.63, 3.8) is 0 Å². The van der Waals surface area contributed by atoms with Gasteiger partial charge in [-0.05, 0) is 27.3 Å². The summed E-state index contributed by atoms with van der Waals surface area (Å²) in [4.78, 5) is 17.8. The summed E-state index contributed by atoms with van der Waals surface area (Å²) in [7, 11) is 2.11. The highest BCUT2D eigenvalue weighted by Gasteiger charge is 2.11. The highest BCUT2D eigenvalue weighted by molar-refractivity contribution is 5.86. The summed E-state index contributed by atoms with van der Waals surface area (Å²) < 4.78 is 6.82. The molecule has 0 aliphatic rings. The van der Waals surface area contributed by atoms with Crippen LogP contribution in [0.3, 0.4) is 0 Å². The lowest BCUT2D eigenvalue weighted by Crippen LogP contribution is -2.31. The molecule has 0 radical (unpaired) electrons. The van der Waals surface area contributed by atoms with Crippen LogP contribution in [0.25, 0.3) is 0 Å². The van der Waals surface area contributed by atoms with E-state index in [0.29, 0.717) is 18.3 Å². The van der Waals surface area contributed by atoms with Gasteiger partial charge < -0.3 is 14.2 Å². The van der Waals surface area contributed by atoms with Crippen LogP contribution in [0, 0.1) is 0 Å². The predicted octanol–water partition coefficient (Wildman–Crippen LogP) is 1.79. The maximum Gasteiger partial charge on any atom is 0.358 e. The summed E-state index contributed by atoms with van der Waals surface area (Å²) in [6.07, 6.45) is 4.55. The van der Waals surface area contributed by atoms with Crippen molar-refractivity contribution in [2.45, 2.75) is 39.8 Å². The van der Waals surface area contributed by atoms with Gasteiger partial charge in [0.1, 0.15) is 0 Å². The number of likely N-dealkylation sites (N-methyl/N-ethyl adjacent to an activating group) is 1. The number of imidazole rings is 1. The highest BCUT2D eigenvalue weighted by atomic mass is 16.5. The van der Waals surface area contributed by atoms with E-state index in [0.717, 1.165) is 19.5 Å². The van der Waals surface area contributed by atoms with Crippen LogP contribution in [0.2, 0.25) is 0 Å². The Kier molecular flexibility index (Phi) is 5.85. The van der Waals surface area contributed by atoms with E-state index in [9.17, 15) is 4.79 Å². The van der Waals surface area contributed by atoms with E-state index in [4.69, 9.17) is 4.74 Å². The topological polar surface area (TPSA) is 47.4 Å². The van der Waals surface area contributed by atoms with E-state index >= 15 is 0 Å². The first-order chi connectivity index (χ1) is 8.58. The zero-order chi connectivity index (χ0) is 13.5. The zero-order valence-electron chi connectivity index (χ0n) is 11.7. The summed E-state index contributed by atoms with van der Waals surface area (Å²) in [5.41, 5.74) is 0.378. The van der Waals surface area contributed by atoms with E-state index in [-0.39, 0.29) is 5.97 Å². The van der Waals surface area contributed by atoms with Crippen molar-refractivity contribution in [3.05, 3.63) is 18.2 Å². The predicted molar refractivity (Wildman–Crippen MR) is 70.6 cm³/mol. The van der Waals surface area contributed by atoms with Gasteiger partial charge in [0.25, 0.3) is 0 Å². The number of carbonyl (C=O) groups is 1. The van der Waals surface area contributed by atoms with Crippen LogP contribution in [0.15, 0.2) is 12.5 Å². The molecule has 1 aromatic rings. The van der Waals surface area contributed by atoms with E-state index in [2.05, 4.69) is 30.8 Å². The molecule has 0 amide bonds. The van der Waals surface area contributed by atoms with Crippen LogP contribution in [0.4, 0.5) is 0 Å². The molecule has 5 nitrogen and oxygen atoms in total. The van der Waals surface area contributed by atoms with Gasteiger partial charge in [0, 0.05) is 25.3 Å². The number of carbonyl (C=O) groups excluding carboxylic acids is 1. The Morgan fingerprint density at radius 3 is 2.89 bits per heavy atom. The fourth-order valence-electron chi connectivity index (χ4n) is 1.60. The molecule has 0 aliphatic carbocycles. The van der Waals surface area contributed by atoms with E-state index in [1.54, 1.807) is 19.4 Å². The molecular weight excluding hydrogens is 230 g/mol. The molecule has 0 aromatic carbocycles. The van der Waals surface area contributed by atoms with Crippen molar-refractivity contribution in [3.8, 4) is 0 Å². The summed E-state index contributed by atoms with van der Waals surface area (Å²) in [6, 6.07) is 0.568. The van der Waals surface area contributed by atoms with Gasteiger partial charge in [0.2, 0.25) is 0 Å². The molecule has 0 spiro atoms. The molecule has 5 heteroatoms. The van der Waals surface area contributed by atoms with Crippen LogP contribution in [-0.2, 0) is 11.3 Å². The number of hydrogen-bond donors (Lipinski definition) is 0. The Labute approximate surface area is 109 Å². The molecule has 102 valence electrons. The monoisotopic (exact) mass is 253 g/mol. The normalized spacial score (nSPS) is 12.7. The van der Waals surface area contributed by atoms with E-state index in [1.165, 1.54) is 0 Å². The number of rotatable bonds is 7. The Bertz CT molecular complexity index is 376. The van der Waals surface area contributed by atoms with Crippen LogP contribution in [-0.4, -0.2) is 46.7 Å². The van der Waals surface area contributed by atoms with Crippen molar-refractivity contribution < 1.29 is 9.53 Å². The number of nitrogens with zero attached hydrogens (tertiary/aromatic N) is 3. The number of hydrogen-bond acceptors (Lipinski definition) is 4. The van der Waals surface area contributed by atoms with Crippen molar-refractivity contribution >= 4 is 5.97 Å². The third kappa shape index (κ3) is 4.14. The second kappa shape index (κ2) is 7.16. The second-order valence-corrected chi connectivity index (χ2v) is 4.46. The third-order valence-corrected chi connectivity index (χ3v) is 3.17. The molecule has 0 N–H and O–H groups in total. The Morgan fingerprint density at radius 2 is 2.28 bits per heavy atom. The second-order valence-electron chi connectivity index (χ2n) is 4.46. The molecule has 18 heavy (non-hydrogen) atoms. The van der Waals surface area contributed by atoms with Gasteiger partial charge in [-0.1, -0.05) is 6.92 Å². The van der Waals surface area contributed by atoms with Crippen LogP contribution < -0.4 is 0 Å². The van der Waals surface area contributed by atoms with Crippen molar-refractivity contribution in [2.24, 2.45) is 0 Å². The molecule has 0 fully saturated rings. The Morgan fingerprint density at radius 1 is 1.56 bits per heavy atom. The summed E-state index contributed by atoms with van der Waals surface area (Å²) in [6.45, 7) is 8.31. The molecule has 0 aliphatic heterocycles. The number of esters is 1. The van der Waals surface area contributed by atoms with Crippen LogP contribution >= 0.6 is 0 Å². The van der Waals surface area contributed by atoms with E-state index in [1.807, 2.05) is 4.57 Å². The SMILES string of the molecule is CCOC(=O)c1cn(CCN(C)C(C)CC)cn1. The first kappa shape index (κ1) is 14.7. The minimum Gasteiger partial charge on any atom is -0.461 e. The number of aromatic nitrogens is 2. The summed E-state index contributed by atoms with van der Waals surface area (Å²) in [5, 5.41) is 0. The molecule has 0 saturated heterocycles. The Balaban J connectivity index is 2.47. The van der Waals surface area contributed by atoms with Gasteiger partial charge in [-0.2, -0.15) is 0 Å². The minimum absolute atomic E-state index is 0.355. The average Bonchev–Trinajstić information content (AvgIpc) is 2.84. The van der Waals surface area contributed by atoms with Crippen LogP contribution in [0.5, 0.6) is 0 Å².